The summed E-state index contributed by atoms with van der Waals surface area (Å²) in [5, 5.41) is 9.06. The fourth-order valence-electron chi connectivity index (χ4n) is 3.27. The van der Waals surface area contributed by atoms with Crippen LogP contribution < -0.4 is 9.62 Å². The van der Waals surface area contributed by atoms with Crippen molar-refractivity contribution in [3.05, 3.63) is 53.3 Å². The minimum absolute atomic E-state index is 0.128. The molecular weight excluding hydrogens is 383 g/mol. The van der Waals surface area contributed by atoms with Crippen molar-refractivity contribution in [2.75, 3.05) is 22.7 Å². The van der Waals surface area contributed by atoms with E-state index in [4.69, 9.17) is 5.11 Å². The Morgan fingerprint density at radius 1 is 1.18 bits per heavy atom. The quantitative estimate of drug-likeness (QED) is 0.787. The van der Waals surface area contributed by atoms with E-state index < -0.39 is 27.4 Å². The van der Waals surface area contributed by atoms with E-state index in [0.29, 0.717) is 11.6 Å². The third-order valence-electron chi connectivity index (χ3n) is 5.10. The topological polar surface area (TPSA) is 86.7 Å². The van der Waals surface area contributed by atoms with Crippen molar-refractivity contribution in [2.24, 2.45) is 5.92 Å². The molecule has 8 heteroatoms. The van der Waals surface area contributed by atoms with Crippen LogP contribution in [0.25, 0.3) is 0 Å². The average Bonchev–Trinajstić information content (AvgIpc) is 2.64. The van der Waals surface area contributed by atoms with Crippen LogP contribution >= 0.6 is 0 Å². The number of hydrogen-bond acceptors (Lipinski definition) is 4. The molecule has 1 aliphatic rings. The zero-order valence-corrected chi connectivity index (χ0v) is 16.6. The van der Waals surface area contributed by atoms with Gasteiger partial charge < -0.3 is 10.0 Å². The molecule has 1 saturated heterocycles. The molecule has 0 saturated carbocycles. The van der Waals surface area contributed by atoms with E-state index in [0.717, 1.165) is 43.8 Å². The van der Waals surface area contributed by atoms with Gasteiger partial charge in [-0.25, -0.2) is 17.6 Å². The molecule has 0 atom stereocenters. The van der Waals surface area contributed by atoms with Gasteiger partial charge in [0.05, 0.1) is 10.5 Å². The Balaban J connectivity index is 1.82. The van der Waals surface area contributed by atoms with Gasteiger partial charge in [-0.2, -0.15) is 0 Å². The highest BCUT2D eigenvalue weighted by molar-refractivity contribution is 7.92. The first-order valence-corrected chi connectivity index (χ1v) is 10.6. The molecule has 0 aromatic heterocycles. The van der Waals surface area contributed by atoms with Crippen LogP contribution in [0, 0.1) is 18.7 Å². The van der Waals surface area contributed by atoms with Gasteiger partial charge in [-0.3, -0.25) is 4.72 Å². The number of halogens is 1. The number of carbonyl (C=O) groups is 1. The van der Waals surface area contributed by atoms with Crippen molar-refractivity contribution in [1.82, 2.24) is 0 Å². The van der Waals surface area contributed by atoms with Gasteiger partial charge in [0.25, 0.3) is 10.0 Å². The lowest BCUT2D eigenvalue weighted by Crippen LogP contribution is -2.32. The second-order valence-electron chi connectivity index (χ2n) is 7.21. The van der Waals surface area contributed by atoms with E-state index in [1.807, 2.05) is 12.1 Å². The Kier molecular flexibility index (Phi) is 5.60. The molecule has 1 heterocycles. The van der Waals surface area contributed by atoms with Crippen molar-refractivity contribution < 1.29 is 22.7 Å². The summed E-state index contributed by atoms with van der Waals surface area (Å²) < 4.78 is 41.8. The maximum atomic E-state index is 14.0. The molecule has 0 spiro atoms. The Hall–Kier alpha value is -2.61. The molecule has 2 N–H and O–H groups in total. The lowest BCUT2D eigenvalue weighted by atomic mass is 9.99. The van der Waals surface area contributed by atoms with E-state index in [9.17, 15) is 17.6 Å². The van der Waals surface area contributed by atoms with Crippen LogP contribution in [0.4, 0.5) is 15.8 Å². The van der Waals surface area contributed by atoms with E-state index in [-0.39, 0.29) is 10.5 Å². The Labute approximate surface area is 164 Å². The maximum Gasteiger partial charge on any atom is 0.335 e. The molecule has 28 heavy (non-hydrogen) atoms. The van der Waals surface area contributed by atoms with Crippen molar-refractivity contribution in [1.29, 1.82) is 0 Å². The van der Waals surface area contributed by atoms with Crippen molar-refractivity contribution in [3.8, 4) is 0 Å². The summed E-state index contributed by atoms with van der Waals surface area (Å²) in [6.45, 7) is 5.47. The molecule has 1 aliphatic heterocycles. The van der Waals surface area contributed by atoms with Gasteiger partial charge in [-0.05, 0) is 62.1 Å². The zero-order valence-electron chi connectivity index (χ0n) is 15.8. The molecule has 3 rings (SSSR count). The summed E-state index contributed by atoms with van der Waals surface area (Å²) in [6.07, 6.45) is 2.25. The molecule has 6 nitrogen and oxygen atoms in total. The molecule has 2 aromatic rings. The van der Waals surface area contributed by atoms with Gasteiger partial charge in [-0.15, -0.1) is 0 Å². The van der Waals surface area contributed by atoms with E-state index in [2.05, 4.69) is 16.5 Å². The molecule has 1 fully saturated rings. The number of piperidine rings is 1. The number of aromatic carboxylic acids is 1. The third-order valence-corrected chi connectivity index (χ3v) is 6.61. The highest BCUT2D eigenvalue weighted by atomic mass is 32.2. The number of carboxylic acid groups (broad SMARTS) is 1. The SMILES string of the molecule is Cc1c(F)cc(C(=O)O)cc1S(=O)(=O)Nc1ccc(N2CCC(C)CC2)cc1. The predicted octanol–water partition coefficient (Wildman–Crippen LogP) is 3.87. The molecule has 2 aromatic carbocycles. The summed E-state index contributed by atoms with van der Waals surface area (Å²) in [5.41, 5.74) is 0.800. The number of nitrogens with one attached hydrogen (secondary N) is 1. The number of carboxylic acids is 1. The zero-order chi connectivity index (χ0) is 20.5. The molecule has 0 radical (unpaired) electrons. The average molecular weight is 406 g/mol. The molecule has 0 amide bonds. The predicted molar refractivity (Wildman–Crippen MR) is 106 cm³/mol. The van der Waals surface area contributed by atoms with Crippen LogP contribution in [0.1, 0.15) is 35.7 Å². The summed E-state index contributed by atoms with van der Waals surface area (Å²) >= 11 is 0. The third kappa shape index (κ3) is 4.27. The normalized spacial score (nSPS) is 15.5. The fraction of sp³-hybridized carbons (Fsp3) is 0.350. The summed E-state index contributed by atoms with van der Waals surface area (Å²) in [5.74, 6) is -1.56. The number of benzene rings is 2. The van der Waals surface area contributed by atoms with Crippen molar-refractivity contribution >= 4 is 27.4 Å². The first kappa shape index (κ1) is 20.1. The van der Waals surface area contributed by atoms with Gasteiger partial charge >= 0.3 is 5.97 Å². The van der Waals surface area contributed by atoms with E-state index >= 15 is 0 Å². The van der Waals surface area contributed by atoms with Crippen LogP contribution in [0.2, 0.25) is 0 Å². The number of nitrogens with zero attached hydrogens (tertiary/aromatic N) is 1. The number of anilines is 2. The minimum atomic E-state index is -4.13. The number of sulfonamides is 1. The van der Waals surface area contributed by atoms with E-state index in [1.165, 1.54) is 6.92 Å². The Bertz CT molecular complexity index is 982. The van der Waals surface area contributed by atoms with Gasteiger partial charge in [0.1, 0.15) is 5.82 Å². The molecule has 0 aliphatic carbocycles. The minimum Gasteiger partial charge on any atom is -0.478 e. The molecule has 0 unspecified atom stereocenters. The van der Waals surface area contributed by atoms with Gasteiger partial charge in [-0.1, -0.05) is 6.92 Å². The lowest BCUT2D eigenvalue weighted by Gasteiger charge is -2.32. The van der Waals surface area contributed by atoms with Crippen LogP contribution in [-0.2, 0) is 10.0 Å². The van der Waals surface area contributed by atoms with Gasteiger partial charge in [0.15, 0.2) is 0 Å². The Morgan fingerprint density at radius 3 is 2.36 bits per heavy atom. The van der Waals surface area contributed by atoms with Gasteiger partial charge in [0.2, 0.25) is 0 Å². The summed E-state index contributed by atoms with van der Waals surface area (Å²) in [4.78, 5) is 13.0. The largest absolute Gasteiger partial charge is 0.478 e. The number of rotatable bonds is 5. The first-order chi connectivity index (χ1) is 13.2. The first-order valence-electron chi connectivity index (χ1n) is 9.08. The van der Waals surface area contributed by atoms with Crippen LogP contribution in [0.5, 0.6) is 0 Å². The summed E-state index contributed by atoms with van der Waals surface area (Å²) in [6, 6.07) is 8.76. The molecule has 150 valence electrons. The summed E-state index contributed by atoms with van der Waals surface area (Å²) in [7, 11) is -4.13. The van der Waals surface area contributed by atoms with Crippen molar-refractivity contribution in [2.45, 2.75) is 31.6 Å². The molecule has 0 bridgehead atoms. The highest BCUT2D eigenvalue weighted by Gasteiger charge is 2.22. The molecular formula is C20H23FN2O4S. The lowest BCUT2D eigenvalue weighted by molar-refractivity contribution is 0.0696. The van der Waals surface area contributed by atoms with Crippen LogP contribution in [0.3, 0.4) is 0 Å². The van der Waals surface area contributed by atoms with Crippen LogP contribution in [0.15, 0.2) is 41.3 Å². The second-order valence-corrected chi connectivity index (χ2v) is 8.86. The smallest absolute Gasteiger partial charge is 0.335 e. The standard InChI is InChI=1S/C20H23FN2O4S/c1-13-7-9-23(10-8-13)17-5-3-16(4-6-17)22-28(26,27)19-12-15(20(24)25)11-18(21)14(19)2/h3-6,11-13,22H,7-10H2,1-2H3,(H,24,25). The van der Waals surface area contributed by atoms with Gasteiger partial charge in [0, 0.05) is 30.0 Å². The monoisotopic (exact) mass is 406 g/mol. The number of hydrogen-bond donors (Lipinski definition) is 2. The van der Waals surface area contributed by atoms with Crippen molar-refractivity contribution in [3.63, 3.8) is 0 Å². The van der Waals surface area contributed by atoms with E-state index in [1.54, 1.807) is 12.1 Å². The second kappa shape index (κ2) is 7.79. The van der Waals surface area contributed by atoms with Crippen LogP contribution in [-0.4, -0.2) is 32.6 Å². The maximum absolute atomic E-state index is 14.0. The highest BCUT2D eigenvalue weighted by Crippen LogP contribution is 2.27. The Morgan fingerprint density at radius 2 is 1.79 bits per heavy atom. The fourth-order valence-corrected chi connectivity index (χ4v) is 4.61.